The van der Waals surface area contributed by atoms with Gasteiger partial charge in [-0.15, -0.1) is 11.3 Å². The zero-order valence-corrected chi connectivity index (χ0v) is 12.7. The summed E-state index contributed by atoms with van der Waals surface area (Å²) in [5.41, 5.74) is 1.62. The molecule has 0 radical (unpaired) electrons. The molecule has 0 spiro atoms. The molecule has 0 amide bonds. The highest BCUT2D eigenvalue weighted by Gasteiger charge is 2.25. The molecule has 0 saturated carbocycles. The summed E-state index contributed by atoms with van der Waals surface area (Å²) >= 11 is 4.07. The van der Waals surface area contributed by atoms with Crippen molar-refractivity contribution >= 4 is 39.9 Å². The molecule has 1 aromatic heterocycles. The first-order chi connectivity index (χ1) is 8.72. The van der Waals surface area contributed by atoms with Gasteiger partial charge < -0.3 is 9.94 Å². The van der Waals surface area contributed by atoms with Crippen LogP contribution in [0.15, 0.2) is 10.5 Å². The SMILES string of the molecule is OC1CC(c2csc(C3CCN(I)CC3)n2)=NO1. The molecule has 0 aliphatic carbocycles. The number of halogens is 1. The minimum Gasteiger partial charge on any atom is -0.363 e. The third-order valence-corrected chi connectivity index (χ3v) is 5.23. The molecule has 1 fully saturated rings. The molecular formula is C11H14IN3O2S. The van der Waals surface area contributed by atoms with E-state index < -0.39 is 6.29 Å². The zero-order chi connectivity index (χ0) is 12.5. The summed E-state index contributed by atoms with van der Waals surface area (Å²) in [4.78, 5) is 9.44. The van der Waals surface area contributed by atoms with Gasteiger partial charge in [0.25, 0.3) is 0 Å². The number of thiazole rings is 1. The number of hydrogen-bond acceptors (Lipinski definition) is 6. The summed E-state index contributed by atoms with van der Waals surface area (Å²) in [6.45, 7) is 2.26. The van der Waals surface area contributed by atoms with Gasteiger partial charge in [0, 0.05) is 47.3 Å². The van der Waals surface area contributed by atoms with Crippen LogP contribution < -0.4 is 0 Å². The minimum atomic E-state index is -0.799. The summed E-state index contributed by atoms with van der Waals surface area (Å²) in [5, 5.41) is 16.3. The highest BCUT2D eigenvalue weighted by molar-refractivity contribution is 14.1. The van der Waals surface area contributed by atoms with Crippen molar-refractivity contribution < 1.29 is 9.94 Å². The van der Waals surface area contributed by atoms with Gasteiger partial charge in [-0.2, -0.15) is 0 Å². The van der Waals surface area contributed by atoms with Crippen LogP contribution in [0, 0.1) is 0 Å². The van der Waals surface area contributed by atoms with Crippen LogP contribution in [-0.4, -0.2) is 38.3 Å². The van der Waals surface area contributed by atoms with Crippen molar-refractivity contribution in [3.63, 3.8) is 0 Å². The lowest BCUT2D eigenvalue weighted by atomic mass is 9.99. The van der Waals surface area contributed by atoms with Crippen molar-refractivity contribution in [2.24, 2.45) is 5.16 Å². The van der Waals surface area contributed by atoms with E-state index in [-0.39, 0.29) is 0 Å². The Kier molecular flexibility index (Phi) is 3.83. The number of aliphatic hydroxyl groups excluding tert-OH is 1. The average Bonchev–Trinajstić information content (AvgIpc) is 2.98. The Hall–Kier alpha value is -0.250. The minimum absolute atomic E-state index is 0.440. The molecule has 5 nitrogen and oxygen atoms in total. The van der Waals surface area contributed by atoms with Crippen LogP contribution in [0.1, 0.15) is 35.9 Å². The Morgan fingerprint density at radius 2 is 2.22 bits per heavy atom. The molecule has 1 unspecified atom stereocenters. The van der Waals surface area contributed by atoms with Gasteiger partial charge in [0.05, 0.1) is 17.1 Å². The summed E-state index contributed by atoms with van der Waals surface area (Å²) in [6.07, 6.45) is 1.98. The molecule has 98 valence electrons. The maximum Gasteiger partial charge on any atom is 0.230 e. The van der Waals surface area contributed by atoms with Gasteiger partial charge in [-0.3, -0.25) is 0 Å². The third-order valence-electron chi connectivity index (χ3n) is 3.26. The fourth-order valence-electron chi connectivity index (χ4n) is 2.22. The summed E-state index contributed by atoms with van der Waals surface area (Å²) in [7, 11) is 0. The monoisotopic (exact) mass is 379 g/mol. The van der Waals surface area contributed by atoms with Gasteiger partial charge >= 0.3 is 0 Å². The topological polar surface area (TPSA) is 58.0 Å². The van der Waals surface area contributed by atoms with Gasteiger partial charge in [0.1, 0.15) is 5.71 Å². The Balaban J connectivity index is 1.70. The predicted octanol–water partition coefficient (Wildman–Crippen LogP) is 2.12. The molecule has 1 aromatic rings. The molecular weight excluding hydrogens is 365 g/mol. The van der Waals surface area contributed by atoms with Gasteiger partial charge in [-0.1, -0.05) is 5.16 Å². The molecule has 1 saturated heterocycles. The van der Waals surface area contributed by atoms with Crippen LogP contribution in [0.5, 0.6) is 0 Å². The van der Waals surface area contributed by atoms with E-state index in [2.05, 4.69) is 36.1 Å². The maximum absolute atomic E-state index is 9.28. The van der Waals surface area contributed by atoms with Crippen molar-refractivity contribution in [3.8, 4) is 0 Å². The van der Waals surface area contributed by atoms with Crippen molar-refractivity contribution in [3.05, 3.63) is 16.1 Å². The number of hydrogen-bond donors (Lipinski definition) is 1. The van der Waals surface area contributed by atoms with E-state index in [1.165, 1.54) is 17.8 Å². The van der Waals surface area contributed by atoms with E-state index in [1.807, 2.05) is 5.38 Å². The first kappa shape index (κ1) is 12.8. The average molecular weight is 379 g/mol. The predicted molar refractivity (Wildman–Crippen MR) is 77.9 cm³/mol. The largest absolute Gasteiger partial charge is 0.363 e. The van der Waals surface area contributed by atoms with Gasteiger partial charge in [0.15, 0.2) is 0 Å². The van der Waals surface area contributed by atoms with Crippen molar-refractivity contribution in [1.82, 2.24) is 8.10 Å². The fraction of sp³-hybridized carbons (Fsp3) is 0.636. The molecule has 2 aliphatic rings. The van der Waals surface area contributed by atoms with Crippen molar-refractivity contribution in [2.75, 3.05) is 13.1 Å². The second-order valence-electron chi connectivity index (χ2n) is 4.56. The van der Waals surface area contributed by atoms with Crippen LogP contribution in [0.25, 0.3) is 0 Å². The lowest BCUT2D eigenvalue weighted by Crippen LogP contribution is -2.24. The molecule has 18 heavy (non-hydrogen) atoms. The van der Waals surface area contributed by atoms with Crippen LogP contribution >= 0.6 is 34.2 Å². The van der Waals surface area contributed by atoms with Crippen molar-refractivity contribution in [2.45, 2.75) is 31.5 Å². The third kappa shape index (κ3) is 2.68. The summed E-state index contributed by atoms with van der Waals surface area (Å²) in [5.74, 6) is 0.572. The molecule has 7 heteroatoms. The Labute approximate surface area is 123 Å². The van der Waals surface area contributed by atoms with Crippen LogP contribution in [-0.2, 0) is 4.84 Å². The Morgan fingerprint density at radius 3 is 2.89 bits per heavy atom. The molecule has 1 atom stereocenters. The zero-order valence-electron chi connectivity index (χ0n) is 9.75. The highest BCUT2D eigenvalue weighted by atomic mass is 127. The number of piperidine rings is 1. The van der Waals surface area contributed by atoms with Crippen LogP contribution in [0.3, 0.4) is 0 Å². The molecule has 1 N–H and O–H groups in total. The lowest BCUT2D eigenvalue weighted by molar-refractivity contribution is -0.0762. The van der Waals surface area contributed by atoms with Gasteiger partial charge in [-0.05, 0) is 12.8 Å². The lowest BCUT2D eigenvalue weighted by Gasteiger charge is -2.25. The van der Waals surface area contributed by atoms with Gasteiger partial charge in [-0.25, -0.2) is 8.10 Å². The van der Waals surface area contributed by atoms with Crippen LogP contribution in [0.4, 0.5) is 0 Å². The number of aromatic nitrogens is 1. The second kappa shape index (κ2) is 5.40. The number of aliphatic hydroxyl groups is 1. The van der Waals surface area contributed by atoms with E-state index in [0.717, 1.165) is 24.5 Å². The summed E-state index contributed by atoms with van der Waals surface area (Å²) in [6, 6.07) is 0. The van der Waals surface area contributed by atoms with E-state index >= 15 is 0 Å². The first-order valence-corrected chi connectivity index (χ1v) is 7.84. The van der Waals surface area contributed by atoms with E-state index in [0.29, 0.717) is 12.3 Å². The molecule has 3 rings (SSSR count). The normalized spacial score (nSPS) is 26.1. The quantitative estimate of drug-likeness (QED) is 0.632. The number of nitrogens with zero attached hydrogens (tertiary/aromatic N) is 3. The molecule has 3 heterocycles. The first-order valence-electron chi connectivity index (χ1n) is 5.99. The number of oxime groups is 1. The Bertz CT molecular complexity index is 457. The smallest absolute Gasteiger partial charge is 0.230 e. The van der Waals surface area contributed by atoms with E-state index in [9.17, 15) is 5.11 Å². The Morgan fingerprint density at radius 1 is 1.44 bits per heavy atom. The molecule has 2 aliphatic heterocycles. The highest BCUT2D eigenvalue weighted by Crippen LogP contribution is 2.31. The van der Waals surface area contributed by atoms with Gasteiger partial charge in [0.2, 0.25) is 6.29 Å². The second-order valence-corrected chi connectivity index (χ2v) is 6.81. The standard InChI is InChI=1S/C11H14IN3O2S/c12-15-3-1-7(2-4-15)11-13-9(6-18-11)8-5-10(16)17-14-8/h6-7,10,16H,1-5H2. The van der Waals surface area contributed by atoms with E-state index in [1.54, 1.807) is 11.3 Å². The molecule has 0 bridgehead atoms. The van der Waals surface area contributed by atoms with Crippen molar-refractivity contribution in [1.29, 1.82) is 0 Å². The molecule has 0 aromatic carbocycles. The van der Waals surface area contributed by atoms with Crippen LogP contribution in [0.2, 0.25) is 0 Å². The van der Waals surface area contributed by atoms with E-state index in [4.69, 9.17) is 4.84 Å². The fourth-order valence-corrected chi connectivity index (χ4v) is 3.78. The maximum atomic E-state index is 9.28. The summed E-state index contributed by atoms with van der Waals surface area (Å²) < 4.78 is 2.33. The number of rotatable bonds is 2.